The lowest BCUT2D eigenvalue weighted by Crippen LogP contribution is -2.33. The Labute approximate surface area is 138 Å². The third-order valence-electron chi connectivity index (χ3n) is 4.06. The zero-order valence-electron chi connectivity index (χ0n) is 13.7. The molecule has 5 heteroatoms. The normalized spacial score (nSPS) is 16.8. The summed E-state index contributed by atoms with van der Waals surface area (Å²) < 4.78 is 25.7. The third-order valence-corrected chi connectivity index (χ3v) is 5.91. The van der Waals surface area contributed by atoms with Gasteiger partial charge in [-0.2, -0.15) is 0 Å². The van der Waals surface area contributed by atoms with Gasteiger partial charge in [0.05, 0.1) is 21.2 Å². The van der Waals surface area contributed by atoms with E-state index in [1.54, 1.807) is 24.3 Å². The summed E-state index contributed by atoms with van der Waals surface area (Å²) in [6.45, 7) is 3.92. The van der Waals surface area contributed by atoms with Crippen LogP contribution in [-0.4, -0.2) is 40.5 Å². The molecule has 0 unspecified atom stereocenters. The van der Waals surface area contributed by atoms with Crippen molar-refractivity contribution < 1.29 is 8.42 Å². The van der Waals surface area contributed by atoms with E-state index in [0.717, 1.165) is 24.5 Å². The number of rotatable bonds is 4. The van der Waals surface area contributed by atoms with Crippen LogP contribution in [0.5, 0.6) is 0 Å². The van der Waals surface area contributed by atoms with E-state index < -0.39 is 9.84 Å². The van der Waals surface area contributed by atoms with Crippen LogP contribution in [0.2, 0.25) is 0 Å². The molecule has 2 aromatic rings. The Morgan fingerprint density at radius 1 is 0.957 bits per heavy atom. The van der Waals surface area contributed by atoms with Gasteiger partial charge in [0, 0.05) is 13.1 Å². The number of sulfone groups is 1. The quantitative estimate of drug-likeness (QED) is 0.863. The maximum Gasteiger partial charge on any atom is 0.210 e. The Bertz CT molecular complexity index is 762. The summed E-state index contributed by atoms with van der Waals surface area (Å²) in [4.78, 5) is 5.09. The van der Waals surface area contributed by atoms with Crippen LogP contribution in [0.4, 0.5) is 11.4 Å². The molecule has 4 nitrogen and oxygen atoms in total. The van der Waals surface area contributed by atoms with Gasteiger partial charge in [-0.25, -0.2) is 8.42 Å². The molecule has 0 saturated heterocycles. The molecule has 3 rings (SSSR count). The zero-order chi connectivity index (χ0) is 16.6. The first kappa shape index (κ1) is 16.0. The van der Waals surface area contributed by atoms with E-state index in [4.69, 9.17) is 0 Å². The molecule has 0 N–H and O–H groups in total. The van der Waals surface area contributed by atoms with E-state index in [9.17, 15) is 8.42 Å². The predicted molar refractivity (Wildman–Crippen MR) is 93.1 cm³/mol. The Morgan fingerprint density at radius 2 is 1.43 bits per heavy atom. The Hall–Kier alpha value is -1.85. The summed E-state index contributed by atoms with van der Waals surface area (Å²) in [5.74, 6) is 0.409. The highest BCUT2D eigenvalue weighted by atomic mass is 32.2. The second kappa shape index (κ2) is 5.98. The predicted octanol–water partition coefficient (Wildman–Crippen LogP) is 3.17. The van der Waals surface area contributed by atoms with Gasteiger partial charge in [-0.05, 0) is 44.3 Å². The Kier molecular flexibility index (Phi) is 4.17. The van der Waals surface area contributed by atoms with Gasteiger partial charge in [0.15, 0.2) is 0 Å². The molecule has 0 bridgehead atoms. The van der Waals surface area contributed by atoms with Gasteiger partial charge in [-0.3, -0.25) is 0 Å². The van der Waals surface area contributed by atoms with Crippen LogP contribution in [-0.2, 0) is 9.84 Å². The van der Waals surface area contributed by atoms with Gasteiger partial charge in [-0.15, -0.1) is 0 Å². The van der Waals surface area contributed by atoms with Gasteiger partial charge in [0.25, 0.3) is 0 Å². The first-order valence-electron chi connectivity index (χ1n) is 7.76. The van der Waals surface area contributed by atoms with Gasteiger partial charge in [-0.1, -0.05) is 31.2 Å². The average molecular weight is 330 g/mol. The molecule has 1 aliphatic heterocycles. The first-order chi connectivity index (χ1) is 10.9. The lowest BCUT2D eigenvalue weighted by atomic mass is 10.1. The topological polar surface area (TPSA) is 40.6 Å². The number of nitrogens with zero attached hydrogens (tertiary/aromatic N) is 2. The van der Waals surface area contributed by atoms with Crippen molar-refractivity contribution >= 4 is 21.2 Å². The summed E-state index contributed by atoms with van der Waals surface area (Å²) in [5.41, 5.74) is 1.55. The van der Waals surface area contributed by atoms with E-state index >= 15 is 0 Å². The van der Waals surface area contributed by atoms with Crippen molar-refractivity contribution in [1.82, 2.24) is 4.90 Å². The largest absolute Gasteiger partial charge is 0.339 e. The third kappa shape index (κ3) is 2.86. The summed E-state index contributed by atoms with van der Waals surface area (Å²) in [5, 5.41) is 0. The fraction of sp³-hybridized carbons (Fsp3) is 0.333. The minimum absolute atomic E-state index is 0.399. The van der Waals surface area contributed by atoms with Crippen LogP contribution in [0.15, 0.2) is 58.3 Å². The van der Waals surface area contributed by atoms with Crippen molar-refractivity contribution in [2.75, 3.05) is 32.1 Å². The Morgan fingerprint density at radius 3 is 1.91 bits per heavy atom. The fourth-order valence-electron chi connectivity index (χ4n) is 3.25. The molecular formula is C18H22N2O2S. The number of hydrogen-bond donors (Lipinski definition) is 0. The standard InChI is InChI=1S/C18H22N2O2S/c1-14(12-19(2)3)13-20-15-8-4-6-10-17(15)23(21,22)18-11-7-5-9-16(18)20/h4-11,14H,12-13H2,1-3H3/t14-/m0/s1. The molecule has 0 aromatic heterocycles. The SMILES string of the molecule is C[C@@H](CN(C)C)CN1c2ccccc2S(=O)(=O)c2ccccc21. The molecule has 0 aliphatic carbocycles. The van der Waals surface area contributed by atoms with Crippen LogP contribution < -0.4 is 4.90 Å². The lowest BCUT2D eigenvalue weighted by molar-refractivity contribution is 0.342. The maximum absolute atomic E-state index is 12.9. The second-order valence-corrected chi connectivity index (χ2v) is 8.30. The molecule has 23 heavy (non-hydrogen) atoms. The van der Waals surface area contributed by atoms with E-state index in [1.807, 2.05) is 24.3 Å². The smallest absolute Gasteiger partial charge is 0.210 e. The Balaban J connectivity index is 2.11. The monoisotopic (exact) mass is 330 g/mol. The molecule has 0 fully saturated rings. The second-order valence-electron chi connectivity index (χ2n) is 6.42. The van der Waals surface area contributed by atoms with Crippen LogP contribution in [0.3, 0.4) is 0 Å². The van der Waals surface area contributed by atoms with Crippen molar-refractivity contribution in [3.05, 3.63) is 48.5 Å². The highest BCUT2D eigenvalue weighted by Crippen LogP contribution is 2.43. The minimum atomic E-state index is -3.45. The van der Waals surface area contributed by atoms with Crippen molar-refractivity contribution in [2.24, 2.45) is 5.92 Å². The number of benzene rings is 2. The van der Waals surface area contributed by atoms with E-state index in [-0.39, 0.29) is 0 Å². The van der Waals surface area contributed by atoms with Crippen LogP contribution in [0.1, 0.15) is 6.92 Å². The molecule has 1 atom stereocenters. The molecule has 0 amide bonds. The molecule has 1 aliphatic rings. The molecule has 1 heterocycles. The van der Waals surface area contributed by atoms with Gasteiger partial charge < -0.3 is 9.80 Å². The van der Waals surface area contributed by atoms with Crippen molar-refractivity contribution in [3.8, 4) is 0 Å². The van der Waals surface area contributed by atoms with Crippen molar-refractivity contribution in [3.63, 3.8) is 0 Å². The van der Waals surface area contributed by atoms with Crippen LogP contribution in [0.25, 0.3) is 0 Å². The number of fused-ring (bicyclic) bond motifs is 2. The number of hydrogen-bond acceptors (Lipinski definition) is 4. The van der Waals surface area contributed by atoms with Gasteiger partial charge in [0.1, 0.15) is 0 Å². The van der Waals surface area contributed by atoms with E-state index in [2.05, 4.69) is 30.8 Å². The minimum Gasteiger partial charge on any atom is -0.339 e. The zero-order valence-corrected chi connectivity index (χ0v) is 14.5. The summed E-state index contributed by atoms with van der Waals surface area (Å²) in [7, 11) is 0.664. The molecular weight excluding hydrogens is 308 g/mol. The van der Waals surface area contributed by atoms with Gasteiger partial charge >= 0.3 is 0 Å². The summed E-state index contributed by atoms with van der Waals surface area (Å²) in [6, 6.07) is 14.5. The first-order valence-corrected chi connectivity index (χ1v) is 9.25. The van der Waals surface area contributed by atoms with E-state index in [0.29, 0.717) is 15.7 Å². The van der Waals surface area contributed by atoms with Crippen molar-refractivity contribution in [2.45, 2.75) is 16.7 Å². The summed E-state index contributed by atoms with van der Waals surface area (Å²) >= 11 is 0. The molecule has 122 valence electrons. The van der Waals surface area contributed by atoms with E-state index in [1.165, 1.54) is 0 Å². The molecule has 0 radical (unpaired) electrons. The summed E-state index contributed by atoms with van der Waals surface area (Å²) in [6.07, 6.45) is 0. The van der Waals surface area contributed by atoms with Crippen LogP contribution >= 0.6 is 0 Å². The molecule has 0 spiro atoms. The fourth-order valence-corrected chi connectivity index (χ4v) is 4.91. The number of para-hydroxylation sites is 2. The van der Waals surface area contributed by atoms with Crippen molar-refractivity contribution in [1.29, 1.82) is 0 Å². The highest BCUT2D eigenvalue weighted by molar-refractivity contribution is 7.92. The maximum atomic E-state index is 12.9. The lowest BCUT2D eigenvalue weighted by Gasteiger charge is -2.35. The highest BCUT2D eigenvalue weighted by Gasteiger charge is 2.33. The average Bonchev–Trinajstić information content (AvgIpc) is 2.51. The molecule has 2 aromatic carbocycles. The molecule has 0 saturated carbocycles. The number of anilines is 2. The van der Waals surface area contributed by atoms with Gasteiger partial charge in [0.2, 0.25) is 9.84 Å². The van der Waals surface area contributed by atoms with Crippen LogP contribution in [0, 0.1) is 5.92 Å².